The van der Waals surface area contributed by atoms with Crippen LogP contribution in [0.5, 0.6) is 0 Å². The number of nitrogens with zero attached hydrogens (tertiary/aromatic N) is 3. The van der Waals surface area contributed by atoms with Gasteiger partial charge in [0.1, 0.15) is 4.83 Å². The molecule has 34 heavy (non-hydrogen) atoms. The van der Waals surface area contributed by atoms with Gasteiger partial charge in [-0.2, -0.15) is 0 Å². The molecule has 0 fully saturated rings. The van der Waals surface area contributed by atoms with E-state index in [1.807, 2.05) is 68.9 Å². The SMILES string of the molecule is Cc1ccc(-c2csc3ncn(CCC(=O)NCC(Cc4ccccc4)N(C)C)c(=O)c23)cc1. The summed E-state index contributed by atoms with van der Waals surface area (Å²) in [5.74, 6) is -0.0732. The Balaban J connectivity index is 1.41. The van der Waals surface area contributed by atoms with E-state index in [2.05, 4.69) is 27.3 Å². The molecule has 7 heteroatoms. The Labute approximate surface area is 203 Å². The van der Waals surface area contributed by atoms with Gasteiger partial charge in [-0.3, -0.25) is 14.2 Å². The molecule has 1 atom stereocenters. The number of amides is 1. The lowest BCUT2D eigenvalue weighted by atomic mass is 10.1. The minimum absolute atomic E-state index is 0.0732. The van der Waals surface area contributed by atoms with Crippen molar-refractivity contribution in [1.29, 1.82) is 0 Å². The average Bonchev–Trinajstić information content (AvgIpc) is 3.27. The summed E-state index contributed by atoms with van der Waals surface area (Å²) < 4.78 is 1.54. The molecule has 176 valence electrons. The third-order valence-corrected chi connectivity index (χ3v) is 6.97. The molecule has 1 N–H and O–H groups in total. The van der Waals surface area contributed by atoms with Gasteiger partial charge in [-0.1, -0.05) is 60.2 Å². The minimum Gasteiger partial charge on any atom is -0.354 e. The lowest BCUT2D eigenvalue weighted by Gasteiger charge is -2.24. The third kappa shape index (κ3) is 5.61. The number of hydrogen-bond donors (Lipinski definition) is 1. The van der Waals surface area contributed by atoms with Crippen LogP contribution in [0.25, 0.3) is 21.3 Å². The second kappa shape index (κ2) is 10.8. The molecular weight excluding hydrogens is 444 g/mol. The summed E-state index contributed by atoms with van der Waals surface area (Å²) in [5, 5.41) is 5.63. The van der Waals surface area contributed by atoms with Crippen molar-refractivity contribution in [3.63, 3.8) is 0 Å². The van der Waals surface area contributed by atoms with Crippen molar-refractivity contribution in [2.75, 3.05) is 20.6 Å². The standard InChI is InChI=1S/C27H30N4O2S/c1-19-9-11-21(12-10-19)23-17-34-26-25(23)27(33)31(18-29-26)14-13-24(32)28-16-22(30(2)3)15-20-7-5-4-6-8-20/h4-12,17-18,22H,13-16H2,1-3H3,(H,28,32). The zero-order valence-electron chi connectivity index (χ0n) is 19.8. The number of aromatic nitrogens is 2. The number of nitrogens with one attached hydrogen (secondary N) is 1. The molecule has 0 radical (unpaired) electrons. The van der Waals surface area contributed by atoms with E-state index in [4.69, 9.17) is 0 Å². The monoisotopic (exact) mass is 474 g/mol. The van der Waals surface area contributed by atoms with Crippen LogP contribution in [0.2, 0.25) is 0 Å². The third-order valence-electron chi connectivity index (χ3n) is 6.08. The van der Waals surface area contributed by atoms with E-state index in [9.17, 15) is 9.59 Å². The Morgan fingerprint density at radius 3 is 2.56 bits per heavy atom. The maximum atomic E-state index is 13.2. The van der Waals surface area contributed by atoms with Crippen LogP contribution in [0.3, 0.4) is 0 Å². The number of likely N-dealkylation sites (N-methyl/N-ethyl adjacent to an activating group) is 1. The van der Waals surface area contributed by atoms with Crippen LogP contribution in [-0.2, 0) is 17.8 Å². The van der Waals surface area contributed by atoms with Crippen molar-refractivity contribution in [3.05, 3.63) is 87.8 Å². The van der Waals surface area contributed by atoms with Gasteiger partial charge in [0.05, 0.1) is 11.7 Å². The van der Waals surface area contributed by atoms with Gasteiger partial charge in [-0.25, -0.2) is 4.98 Å². The van der Waals surface area contributed by atoms with Crippen LogP contribution in [0.1, 0.15) is 17.5 Å². The van der Waals surface area contributed by atoms with E-state index in [1.165, 1.54) is 22.5 Å². The highest BCUT2D eigenvalue weighted by Crippen LogP contribution is 2.30. The summed E-state index contributed by atoms with van der Waals surface area (Å²) in [6, 6.07) is 18.6. The molecule has 6 nitrogen and oxygen atoms in total. The van der Waals surface area contributed by atoms with Crippen LogP contribution >= 0.6 is 11.3 Å². The summed E-state index contributed by atoms with van der Waals surface area (Å²) in [6.45, 7) is 2.88. The molecule has 0 saturated carbocycles. The Morgan fingerprint density at radius 1 is 1.12 bits per heavy atom. The highest BCUT2D eigenvalue weighted by atomic mass is 32.1. The van der Waals surface area contributed by atoms with Crippen LogP contribution in [0.4, 0.5) is 0 Å². The van der Waals surface area contributed by atoms with E-state index < -0.39 is 0 Å². The van der Waals surface area contributed by atoms with Crippen LogP contribution in [0, 0.1) is 6.92 Å². The van der Waals surface area contributed by atoms with E-state index in [0.29, 0.717) is 18.5 Å². The number of hydrogen-bond acceptors (Lipinski definition) is 5. The molecule has 2 heterocycles. The van der Waals surface area contributed by atoms with Crippen molar-refractivity contribution in [3.8, 4) is 11.1 Å². The first kappa shape index (κ1) is 23.9. The van der Waals surface area contributed by atoms with Gasteiger partial charge in [-0.05, 0) is 38.6 Å². The van der Waals surface area contributed by atoms with Gasteiger partial charge in [0, 0.05) is 36.5 Å². The van der Waals surface area contributed by atoms with Crippen LogP contribution in [0.15, 0.2) is 71.1 Å². The lowest BCUT2D eigenvalue weighted by molar-refractivity contribution is -0.121. The molecule has 0 spiro atoms. The molecule has 1 unspecified atom stereocenters. The number of rotatable bonds is 9. The first-order chi connectivity index (χ1) is 16.4. The zero-order valence-corrected chi connectivity index (χ0v) is 20.6. The fraction of sp³-hybridized carbons (Fsp3) is 0.296. The molecule has 2 aromatic carbocycles. The van der Waals surface area contributed by atoms with Crippen molar-refractivity contribution in [2.45, 2.75) is 32.4 Å². The van der Waals surface area contributed by atoms with Gasteiger partial charge < -0.3 is 10.2 Å². The lowest BCUT2D eigenvalue weighted by Crippen LogP contribution is -2.42. The summed E-state index contributed by atoms with van der Waals surface area (Å²) in [7, 11) is 4.04. The highest BCUT2D eigenvalue weighted by molar-refractivity contribution is 7.17. The fourth-order valence-corrected chi connectivity index (χ4v) is 4.84. The molecule has 1 amide bonds. The van der Waals surface area contributed by atoms with Crippen molar-refractivity contribution >= 4 is 27.5 Å². The van der Waals surface area contributed by atoms with Gasteiger partial charge in [-0.15, -0.1) is 11.3 Å². The van der Waals surface area contributed by atoms with Gasteiger partial charge in [0.15, 0.2) is 0 Å². The van der Waals surface area contributed by atoms with E-state index in [0.717, 1.165) is 22.4 Å². The fourth-order valence-electron chi connectivity index (χ4n) is 3.94. The maximum Gasteiger partial charge on any atom is 0.262 e. The number of thiophene rings is 1. The summed E-state index contributed by atoms with van der Waals surface area (Å²) in [6.07, 6.45) is 2.63. The Kier molecular flexibility index (Phi) is 7.55. The Morgan fingerprint density at radius 2 is 1.85 bits per heavy atom. The molecule has 4 aromatic rings. The quantitative estimate of drug-likeness (QED) is 0.396. The van der Waals surface area contributed by atoms with Gasteiger partial charge >= 0.3 is 0 Å². The normalized spacial score (nSPS) is 12.2. The number of carbonyl (C=O) groups excluding carboxylic acids is 1. The van der Waals surface area contributed by atoms with E-state index >= 15 is 0 Å². The summed E-state index contributed by atoms with van der Waals surface area (Å²) in [5.41, 5.74) is 4.20. The average molecular weight is 475 g/mol. The van der Waals surface area contributed by atoms with Crippen LogP contribution in [-0.4, -0.2) is 47.0 Å². The molecule has 2 aromatic heterocycles. The van der Waals surface area contributed by atoms with Crippen molar-refractivity contribution in [2.24, 2.45) is 0 Å². The zero-order chi connectivity index (χ0) is 24.1. The minimum atomic E-state index is -0.107. The molecule has 0 saturated heterocycles. The largest absolute Gasteiger partial charge is 0.354 e. The smallest absolute Gasteiger partial charge is 0.262 e. The van der Waals surface area contributed by atoms with Gasteiger partial charge in [0.25, 0.3) is 5.56 Å². The first-order valence-electron chi connectivity index (χ1n) is 11.4. The second-order valence-corrected chi connectivity index (χ2v) is 9.66. The van der Waals surface area contributed by atoms with E-state index in [-0.39, 0.29) is 23.9 Å². The summed E-state index contributed by atoms with van der Waals surface area (Å²) in [4.78, 5) is 33.1. The van der Waals surface area contributed by atoms with Crippen LogP contribution < -0.4 is 10.9 Å². The molecule has 0 aliphatic rings. The number of aryl methyl sites for hydroxylation is 2. The molecule has 4 rings (SSSR count). The highest BCUT2D eigenvalue weighted by Gasteiger charge is 2.16. The Hall–Kier alpha value is -3.29. The molecule has 0 aliphatic heterocycles. The second-order valence-electron chi connectivity index (χ2n) is 8.80. The topological polar surface area (TPSA) is 67.2 Å². The predicted octanol–water partition coefficient (Wildman–Crippen LogP) is 4.11. The number of fused-ring (bicyclic) bond motifs is 1. The number of benzene rings is 2. The predicted molar refractivity (Wildman–Crippen MR) is 139 cm³/mol. The van der Waals surface area contributed by atoms with Crippen molar-refractivity contribution in [1.82, 2.24) is 19.8 Å². The van der Waals surface area contributed by atoms with Gasteiger partial charge in [0.2, 0.25) is 5.91 Å². The molecular formula is C27H30N4O2S. The Bertz CT molecular complexity index is 1310. The van der Waals surface area contributed by atoms with Crippen molar-refractivity contribution < 1.29 is 4.79 Å². The molecule has 0 bridgehead atoms. The maximum absolute atomic E-state index is 13.2. The molecule has 0 aliphatic carbocycles. The summed E-state index contributed by atoms with van der Waals surface area (Å²) >= 11 is 1.47. The number of carbonyl (C=O) groups is 1. The van der Waals surface area contributed by atoms with E-state index in [1.54, 1.807) is 10.9 Å². The first-order valence-corrected chi connectivity index (χ1v) is 12.3.